The Morgan fingerprint density at radius 1 is 1.10 bits per heavy atom. The highest BCUT2D eigenvalue weighted by atomic mass is 31.2. The smallest absolute Gasteiger partial charge is 0.308 e. The highest BCUT2D eigenvalue weighted by molar-refractivity contribution is 7.49. The lowest BCUT2D eigenvalue weighted by molar-refractivity contribution is 0.302. The number of hydrogen-bond donors (Lipinski definition) is 2. The summed E-state index contributed by atoms with van der Waals surface area (Å²) < 4.78 is 12.7. The third-order valence-electron chi connectivity index (χ3n) is 3.62. The highest BCUT2D eigenvalue weighted by Crippen LogP contribution is 2.46. The monoisotopic (exact) mass is 289 g/mol. The van der Waals surface area contributed by atoms with E-state index in [4.69, 9.17) is 0 Å². The lowest BCUT2D eigenvalue weighted by Crippen LogP contribution is -2.17. The molecule has 0 aromatic heterocycles. The highest BCUT2D eigenvalue weighted by Gasteiger charge is 2.30. The van der Waals surface area contributed by atoms with Crippen molar-refractivity contribution in [1.29, 1.82) is 0 Å². The first-order valence-electron chi connectivity index (χ1n) is 6.55. The van der Waals surface area contributed by atoms with Gasteiger partial charge in [-0.2, -0.15) is 0 Å². The van der Waals surface area contributed by atoms with Crippen LogP contribution in [0.5, 0.6) is 0 Å². The molecule has 20 heavy (non-hydrogen) atoms. The summed E-state index contributed by atoms with van der Waals surface area (Å²) in [4.78, 5) is 18.8. The number of fused-ring (bicyclic) bond motifs is 1. The van der Waals surface area contributed by atoms with Crippen LogP contribution in [0.15, 0.2) is 54.2 Å². The van der Waals surface area contributed by atoms with Crippen molar-refractivity contribution in [3.05, 3.63) is 59.8 Å². The molecular formula is C15H16NO3P. The minimum absolute atomic E-state index is 0.393. The average molecular weight is 289 g/mol. The Labute approximate surface area is 117 Å². The van der Waals surface area contributed by atoms with Crippen molar-refractivity contribution in [2.45, 2.75) is 12.8 Å². The SMILES string of the molecule is O=P(O)(O)N1CCC=C1Cc1cccc2ccccc12. The van der Waals surface area contributed by atoms with Crippen molar-refractivity contribution >= 4 is 18.5 Å². The Kier molecular flexibility index (Phi) is 3.38. The van der Waals surface area contributed by atoms with Gasteiger partial charge in [0.15, 0.2) is 0 Å². The van der Waals surface area contributed by atoms with Crippen molar-refractivity contribution in [3.8, 4) is 0 Å². The summed E-state index contributed by atoms with van der Waals surface area (Å²) in [6, 6.07) is 14.1. The summed E-state index contributed by atoms with van der Waals surface area (Å²) in [7, 11) is -4.20. The molecule has 1 aliphatic heterocycles. The minimum Gasteiger partial charge on any atom is -0.308 e. The number of nitrogens with zero attached hydrogens (tertiary/aromatic N) is 1. The van der Waals surface area contributed by atoms with Crippen molar-refractivity contribution in [3.63, 3.8) is 0 Å². The van der Waals surface area contributed by atoms with Crippen molar-refractivity contribution in [2.24, 2.45) is 0 Å². The van der Waals surface area contributed by atoms with Gasteiger partial charge in [-0.1, -0.05) is 48.5 Å². The molecule has 0 radical (unpaired) electrons. The summed E-state index contributed by atoms with van der Waals surface area (Å²) in [5.41, 5.74) is 1.81. The van der Waals surface area contributed by atoms with E-state index in [1.807, 2.05) is 48.5 Å². The second kappa shape index (κ2) is 5.06. The molecule has 1 heterocycles. The first-order chi connectivity index (χ1) is 9.55. The van der Waals surface area contributed by atoms with Crippen LogP contribution in [0.4, 0.5) is 0 Å². The zero-order valence-electron chi connectivity index (χ0n) is 10.9. The van der Waals surface area contributed by atoms with Crippen LogP contribution in [-0.2, 0) is 11.0 Å². The van der Waals surface area contributed by atoms with Gasteiger partial charge in [0, 0.05) is 18.7 Å². The van der Waals surface area contributed by atoms with E-state index in [-0.39, 0.29) is 0 Å². The Morgan fingerprint density at radius 2 is 1.85 bits per heavy atom. The standard InChI is InChI=1S/C15H16NO3P/c17-20(18,19)16-10-4-8-14(16)11-13-7-3-6-12-5-1-2-9-15(12)13/h1-3,5-9H,4,10-11H2,(H2,17,18,19). The Hall–Kier alpha value is -1.61. The molecule has 0 amide bonds. The normalized spacial score (nSPS) is 15.7. The van der Waals surface area contributed by atoms with Gasteiger partial charge in [-0.3, -0.25) is 4.67 Å². The molecule has 0 aliphatic carbocycles. The molecular weight excluding hydrogens is 273 g/mol. The molecule has 2 aromatic carbocycles. The van der Waals surface area contributed by atoms with Crippen LogP contribution in [0.2, 0.25) is 0 Å². The average Bonchev–Trinajstić information content (AvgIpc) is 2.87. The molecule has 1 aliphatic rings. The van der Waals surface area contributed by atoms with Gasteiger partial charge >= 0.3 is 7.75 Å². The number of benzene rings is 2. The zero-order chi connectivity index (χ0) is 14.2. The molecule has 0 spiro atoms. The van der Waals surface area contributed by atoms with Crippen molar-refractivity contribution in [1.82, 2.24) is 4.67 Å². The van der Waals surface area contributed by atoms with Crippen LogP contribution in [-0.4, -0.2) is 21.0 Å². The predicted octanol–water partition coefficient (Wildman–Crippen LogP) is 3.06. The first-order valence-corrected chi connectivity index (χ1v) is 8.11. The molecule has 2 aromatic rings. The van der Waals surface area contributed by atoms with Crippen LogP contribution < -0.4 is 0 Å². The Morgan fingerprint density at radius 3 is 2.65 bits per heavy atom. The fourth-order valence-corrected chi connectivity index (χ4v) is 3.57. The Balaban J connectivity index is 1.96. The quantitative estimate of drug-likeness (QED) is 0.853. The van der Waals surface area contributed by atoms with Gasteiger partial charge in [-0.25, -0.2) is 4.57 Å². The maximum absolute atomic E-state index is 11.5. The van der Waals surface area contributed by atoms with Gasteiger partial charge < -0.3 is 9.79 Å². The molecule has 0 fully saturated rings. The van der Waals surface area contributed by atoms with E-state index in [9.17, 15) is 14.4 Å². The maximum Gasteiger partial charge on any atom is 0.429 e. The summed E-state index contributed by atoms with van der Waals surface area (Å²) >= 11 is 0. The van der Waals surface area contributed by atoms with Crippen LogP contribution in [0, 0.1) is 0 Å². The number of allylic oxidation sites excluding steroid dienone is 1. The second-order valence-electron chi connectivity index (χ2n) is 4.94. The molecule has 2 N–H and O–H groups in total. The van der Waals surface area contributed by atoms with E-state index in [0.717, 1.165) is 22.0 Å². The van der Waals surface area contributed by atoms with Gasteiger partial charge in [0.25, 0.3) is 0 Å². The molecule has 104 valence electrons. The molecule has 0 saturated heterocycles. The molecule has 4 nitrogen and oxygen atoms in total. The summed E-state index contributed by atoms with van der Waals surface area (Å²) in [6.45, 7) is 0.393. The van der Waals surface area contributed by atoms with Crippen LogP contribution in [0.25, 0.3) is 10.8 Å². The largest absolute Gasteiger partial charge is 0.429 e. The van der Waals surface area contributed by atoms with E-state index >= 15 is 0 Å². The number of hydrogen-bond acceptors (Lipinski definition) is 1. The van der Waals surface area contributed by atoms with E-state index in [1.165, 1.54) is 4.67 Å². The van der Waals surface area contributed by atoms with Crippen LogP contribution >= 0.6 is 7.75 Å². The third kappa shape index (κ3) is 2.50. The first kappa shape index (κ1) is 13.4. The van der Waals surface area contributed by atoms with Gasteiger partial charge in [0.1, 0.15) is 0 Å². The molecule has 0 unspecified atom stereocenters. The molecule has 5 heteroatoms. The maximum atomic E-state index is 11.5. The lowest BCUT2D eigenvalue weighted by atomic mass is 10.0. The predicted molar refractivity (Wildman–Crippen MR) is 79.1 cm³/mol. The fourth-order valence-electron chi connectivity index (χ4n) is 2.71. The van der Waals surface area contributed by atoms with Gasteiger partial charge in [0.2, 0.25) is 0 Å². The molecule has 0 atom stereocenters. The van der Waals surface area contributed by atoms with Crippen molar-refractivity contribution < 1.29 is 14.4 Å². The van der Waals surface area contributed by atoms with Gasteiger partial charge in [-0.05, 0) is 22.8 Å². The molecule has 0 saturated carbocycles. The van der Waals surface area contributed by atoms with Crippen LogP contribution in [0.3, 0.4) is 0 Å². The van der Waals surface area contributed by atoms with E-state index < -0.39 is 7.75 Å². The van der Waals surface area contributed by atoms with Gasteiger partial charge in [0.05, 0.1) is 0 Å². The Bertz CT molecular complexity index is 715. The topological polar surface area (TPSA) is 60.8 Å². The lowest BCUT2D eigenvalue weighted by Gasteiger charge is -2.23. The summed E-state index contributed by atoms with van der Waals surface area (Å²) in [5, 5.41) is 2.28. The summed E-state index contributed by atoms with van der Waals surface area (Å²) in [5.74, 6) is 0. The molecule has 3 rings (SSSR count). The second-order valence-corrected chi connectivity index (χ2v) is 6.45. The van der Waals surface area contributed by atoms with E-state index in [1.54, 1.807) is 0 Å². The number of rotatable bonds is 3. The fraction of sp³-hybridized carbons (Fsp3) is 0.200. The molecule has 0 bridgehead atoms. The van der Waals surface area contributed by atoms with Crippen LogP contribution in [0.1, 0.15) is 12.0 Å². The van der Waals surface area contributed by atoms with Crippen molar-refractivity contribution in [2.75, 3.05) is 6.54 Å². The zero-order valence-corrected chi connectivity index (χ0v) is 11.8. The van der Waals surface area contributed by atoms with Gasteiger partial charge in [-0.15, -0.1) is 0 Å². The van der Waals surface area contributed by atoms with E-state index in [2.05, 4.69) is 0 Å². The van der Waals surface area contributed by atoms with E-state index in [0.29, 0.717) is 19.4 Å². The summed E-state index contributed by atoms with van der Waals surface area (Å²) in [6.07, 6.45) is 3.15. The minimum atomic E-state index is -4.20. The third-order valence-corrected chi connectivity index (χ3v) is 4.70.